The number of aliphatic carboxylic acids is 1. The van der Waals surface area contributed by atoms with E-state index in [0.29, 0.717) is 11.0 Å². The van der Waals surface area contributed by atoms with E-state index in [1.165, 1.54) is 42.4 Å². The van der Waals surface area contributed by atoms with Gasteiger partial charge in [0, 0.05) is 12.6 Å². The van der Waals surface area contributed by atoms with Gasteiger partial charge < -0.3 is 10.0 Å². The standard InChI is InChI=1S/C21H35N3O3S2/c1-6-15-7-9-16(10-8-15)24(12-11-14(2)3)20(27)23-19-22-13-17(28-19)29-21(4,5)18(25)26/h13-16H,6-12H2,1-5H3,(H,25,26)(H,22,23,27). The van der Waals surface area contributed by atoms with E-state index in [-0.39, 0.29) is 12.1 Å². The molecule has 2 amide bonds. The molecule has 1 saturated carbocycles. The first-order chi connectivity index (χ1) is 13.6. The second-order valence-electron chi connectivity index (χ2n) is 8.79. The van der Waals surface area contributed by atoms with E-state index in [1.54, 1.807) is 20.0 Å². The molecule has 0 unspecified atom stereocenters. The summed E-state index contributed by atoms with van der Waals surface area (Å²) >= 11 is 2.57. The van der Waals surface area contributed by atoms with Gasteiger partial charge in [0.2, 0.25) is 0 Å². The Labute approximate surface area is 182 Å². The Morgan fingerprint density at radius 3 is 2.55 bits per heavy atom. The fourth-order valence-corrected chi connectivity index (χ4v) is 5.80. The number of hydrogen-bond acceptors (Lipinski definition) is 5. The second-order valence-corrected chi connectivity index (χ2v) is 11.7. The van der Waals surface area contributed by atoms with Gasteiger partial charge >= 0.3 is 12.0 Å². The Morgan fingerprint density at radius 1 is 1.34 bits per heavy atom. The van der Waals surface area contributed by atoms with E-state index >= 15 is 0 Å². The maximum absolute atomic E-state index is 13.1. The van der Waals surface area contributed by atoms with Crippen LogP contribution < -0.4 is 5.32 Å². The lowest BCUT2D eigenvalue weighted by molar-refractivity contribution is -0.138. The first kappa shape index (κ1) is 24.0. The highest BCUT2D eigenvalue weighted by atomic mass is 32.2. The minimum Gasteiger partial charge on any atom is -0.480 e. The van der Waals surface area contributed by atoms with Crippen LogP contribution in [0.1, 0.15) is 73.1 Å². The molecular formula is C21H35N3O3S2. The zero-order valence-corrected chi connectivity index (χ0v) is 19.9. The average molecular weight is 442 g/mol. The Bertz CT molecular complexity index is 682. The van der Waals surface area contributed by atoms with Gasteiger partial charge in [-0.15, -0.1) is 0 Å². The number of anilines is 1. The van der Waals surface area contributed by atoms with Crippen LogP contribution in [0.5, 0.6) is 0 Å². The molecule has 0 saturated heterocycles. The molecule has 29 heavy (non-hydrogen) atoms. The topological polar surface area (TPSA) is 82.5 Å². The van der Waals surface area contributed by atoms with E-state index < -0.39 is 10.7 Å². The van der Waals surface area contributed by atoms with Crippen LogP contribution in [-0.4, -0.2) is 44.3 Å². The van der Waals surface area contributed by atoms with Gasteiger partial charge in [-0.2, -0.15) is 0 Å². The van der Waals surface area contributed by atoms with Crippen molar-refractivity contribution in [2.75, 3.05) is 11.9 Å². The van der Waals surface area contributed by atoms with Crippen LogP contribution in [0.2, 0.25) is 0 Å². The number of rotatable bonds is 9. The van der Waals surface area contributed by atoms with Gasteiger partial charge in [-0.05, 0) is 57.8 Å². The minimum atomic E-state index is -0.935. The number of thiazole rings is 1. The summed E-state index contributed by atoms with van der Waals surface area (Å²) in [6.07, 6.45) is 8.35. The summed E-state index contributed by atoms with van der Waals surface area (Å²) in [5.74, 6) is 0.458. The number of urea groups is 1. The van der Waals surface area contributed by atoms with Crippen molar-refractivity contribution in [2.45, 2.75) is 88.1 Å². The van der Waals surface area contributed by atoms with Crippen LogP contribution in [0.25, 0.3) is 0 Å². The van der Waals surface area contributed by atoms with Crippen molar-refractivity contribution >= 4 is 40.2 Å². The molecule has 1 fully saturated rings. The lowest BCUT2D eigenvalue weighted by atomic mass is 9.84. The van der Waals surface area contributed by atoms with Gasteiger partial charge in [-0.3, -0.25) is 10.1 Å². The van der Waals surface area contributed by atoms with Crippen molar-refractivity contribution in [2.24, 2.45) is 11.8 Å². The summed E-state index contributed by atoms with van der Waals surface area (Å²) in [6.45, 7) is 10.7. The van der Waals surface area contributed by atoms with E-state index in [2.05, 4.69) is 31.1 Å². The third kappa shape index (κ3) is 7.17. The molecule has 0 aromatic carbocycles. The summed E-state index contributed by atoms with van der Waals surface area (Å²) in [5.41, 5.74) is 0. The zero-order chi connectivity index (χ0) is 21.6. The first-order valence-electron chi connectivity index (χ1n) is 10.6. The summed E-state index contributed by atoms with van der Waals surface area (Å²) in [6, 6.07) is 0.199. The minimum absolute atomic E-state index is 0.0889. The molecule has 1 heterocycles. The predicted molar refractivity (Wildman–Crippen MR) is 121 cm³/mol. The highest BCUT2D eigenvalue weighted by molar-refractivity contribution is 8.03. The molecule has 1 aliphatic carbocycles. The summed E-state index contributed by atoms with van der Waals surface area (Å²) < 4.78 is -0.153. The molecule has 0 spiro atoms. The van der Waals surface area contributed by atoms with Crippen LogP contribution in [0, 0.1) is 11.8 Å². The van der Waals surface area contributed by atoms with E-state index in [9.17, 15) is 14.7 Å². The molecule has 1 aromatic rings. The SMILES string of the molecule is CCC1CCC(N(CCC(C)C)C(=O)Nc2ncc(SC(C)(C)C(=O)O)s2)CC1. The van der Waals surface area contributed by atoms with Crippen molar-refractivity contribution in [1.82, 2.24) is 9.88 Å². The Balaban J connectivity index is 2.02. The Hall–Kier alpha value is -1.28. The largest absolute Gasteiger partial charge is 0.480 e. The molecule has 164 valence electrons. The fourth-order valence-electron chi connectivity index (χ4n) is 3.53. The van der Waals surface area contributed by atoms with Crippen molar-refractivity contribution in [3.63, 3.8) is 0 Å². The monoisotopic (exact) mass is 441 g/mol. The number of carbonyl (C=O) groups excluding carboxylic acids is 1. The quantitative estimate of drug-likeness (QED) is 0.463. The fraction of sp³-hybridized carbons (Fsp3) is 0.762. The molecule has 0 radical (unpaired) electrons. The number of nitrogens with zero attached hydrogens (tertiary/aromatic N) is 2. The molecule has 2 rings (SSSR count). The van der Waals surface area contributed by atoms with Gasteiger partial charge in [-0.1, -0.05) is 50.3 Å². The first-order valence-corrected chi connectivity index (χ1v) is 12.2. The maximum atomic E-state index is 13.1. The van der Waals surface area contributed by atoms with E-state index in [0.717, 1.165) is 35.9 Å². The summed E-state index contributed by atoms with van der Waals surface area (Å²) in [7, 11) is 0. The zero-order valence-electron chi connectivity index (χ0n) is 18.2. The van der Waals surface area contributed by atoms with Gasteiger partial charge in [0.15, 0.2) is 5.13 Å². The number of nitrogens with one attached hydrogen (secondary N) is 1. The summed E-state index contributed by atoms with van der Waals surface area (Å²) in [5, 5.41) is 12.8. The molecular weight excluding hydrogens is 406 g/mol. The maximum Gasteiger partial charge on any atom is 0.323 e. The van der Waals surface area contributed by atoms with Crippen LogP contribution in [0.15, 0.2) is 10.4 Å². The summed E-state index contributed by atoms with van der Waals surface area (Å²) in [4.78, 5) is 30.7. The third-order valence-electron chi connectivity index (χ3n) is 5.61. The van der Waals surface area contributed by atoms with Crippen LogP contribution in [0.3, 0.4) is 0 Å². The second kappa shape index (κ2) is 10.7. The van der Waals surface area contributed by atoms with Crippen molar-refractivity contribution < 1.29 is 14.7 Å². The smallest absolute Gasteiger partial charge is 0.323 e. The molecule has 2 N–H and O–H groups in total. The third-order valence-corrected chi connectivity index (χ3v) is 7.81. The van der Waals surface area contributed by atoms with Crippen molar-refractivity contribution in [1.29, 1.82) is 0 Å². The molecule has 8 heteroatoms. The average Bonchev–Trinajstić information content (AvgIpc) is 3.08. The van der Waals surface area contributed by atoms with Crippen molar-refractivity contribution in [3.8, 4) is 0 Å². The molecule has 0 aliphatic heterocycles. The number of carbonyl (C=O) groups is 2. The molecule has 1 aromatic heterocycles. The Kier molecular flexibility index (Phi) is 8.82. The number of aromatic nitrogens is 1. The lowest BCUT2D eigenvalue weighted by Crippen LogP contribution is -2.45. The lowest BCUT2D eigenvalue weighted by Gasteiger charge is -2.37. The van der Waals surface area contributed by atoms with Crippen LogP contribution in [0.4, 0.5) is 9.93 Å². The van der Waals surface area contributed by atoms with Gasteiger partial charge in [0.25, 0.3) is 0 Å². The molecule has 6 nitrogen and oxygen atoms in total. The van der Waals surface area contributed by atoms with Gasteiger partial charge in [-0.25, -0.2) is 9.78 Å². The number of thioether (sulfide) groups is 1. The number of carboxylic acid groups (broad SMARTS) is 1. The highest BCUT2D eigenvalue weighted by Crippen LogP contribution is 2.37. The molecule has 1 aliphatic rings. The Morgan fingerprint density at radius 2 is 2.00 bits per heavy atom. The van der Waals surface area contributed by atoms with Crippen LogP contribution in [-0.2, 0) is 4.79 Å². The predicted octanol–water partition coefficient (Wildman–Crippen LogP) is 5.95. The molecule has 0 bridgehead atoms. The van der Waals surface area contributed by atoms with Crippen molar-refractivity contribution in [3.05, 3.63) is 6.20 Å². The van der Waals surface area contributed by atoms with E-state index in [4.69, 9.17) is 0 Å². The normalized spacial score (nSPS) is 19.9. The van der Waals surface area contributed by atoms with Gasteiger partial charge in [0.1, 0.15) is 4.75 Å². The number of hydrogen-bond donors (Lipinski definition) is 2. The van der Waals surface area contributed by atoms with Crippen LogP contribution >= 0.6 is 23.1 Å². The number of amides is 2. The number of carboxylic acids is 1. The van der Waals surface area contributed by atoms with E-state index in [1.807, 2.05) is 4.90 Å². The van der Waals surface area contributed by atoms with Gasteiger partial charge in [0.05, 0.1) is 10.4 Å². The molecule has 0 atom stereocenters. The highest BCUT2D eigenvalue weighted by Gasteiger charge is 2.31.